The molecule has 0 aliphatic carbocycles. The predicted molar refractivity (Wildman–Crippen MR) is 96.5 cm³/mol. The number of likely N-dealkylation sites (tertiary alicyclic amines) is 2. The maximum absolute atomic E-state index is 9.54. The Bertz CT molecular complexity index is 673. The number of hydrogen-bond donors (Lipinski definition) is 1. The molecule has 1 N–H and O–H groups in total. The SMILES string of the molecule is OCC1CCCN1CC1CCCN1Cc1ncn(-c2ccccc2)n1. The van der Waals surface area contributed by atoms with Crippen molar-refractivity contribution in [1.82, 2.24) is 24.6 Å². The van der Waals surface area contributed by atoms with Gasteiger partial charge >= 0.3 is 0 Å². The van der Waals surface area contributed by atoms with Crippen molar-refractivity contribution in [3.8, 4) is 5.69 Å². The molecule has 4 rings (SSSR count). The molecule has 2 aromatic rings. The first-order valence-electron chi connectivity index (χ1n) is 9.38. The molecule has 2 unspecified atom stereocenters. The number of para-hydroxylation sites is 1. The minimum Gasteiger partial charge on any atom is -0.395 e. The van der Waals surface area contributed by atoms with E-state index in [1.807, 2.05) is 35.0 Å². The molecule has 0 saturated carbocycles. The van der Waals surface area contributed by atoms with Gasteiger partial charge in [-0.1, -0.05) is 18.2 Å². The highest BCUT2D eigenvalue weighted by Gasteiger charge is 2.31. The first-order valence-corrected chi connectivity index (χ1v) is 9.38. The van der Waals surface area contributed by atoms with Crippen LogP contribution in [0.1, 0.15) is 31.5 Å². The number of nitrogens with zero attached hydrogens (tertiary/aromatic N) is 5. The van der Waals surface area contributed by atoms with Crippen molar-refractivity contribution in [3.05, 3.63) is 42.5 Å². The molecule has 1 aromatic heterocycles. The van der Waals surface area contributed by atoms with E-state index in [1.54, 1.807) is 6.33 Å². The number of aliphatic hydroxyl groups excluding tert-OH is 1. The fraction of sp³-hybridized carbons (Fsp3) is 0.579. The second-order valence-corrected chi connectivity index (χ2v) is 7.18. The monoisotopic (exact) mass is 341 g/mol. The van der Waals surface area contributed by atoms with Crippen LogP contribution in [0.2, 0.25) is 0 Å². The van der Waals surface area contributed by atoms with Gasteiger partial charge in [-0.3, -0.25) is 9.80 Å². The average Bonchev–Trinajstić information content (AvgIpc) is 3.38. The molecular formula is C19H27N5O. The van der Waals surface area contributed by atoms with E-state index in [0.717, 1.165) is 44.1 Å². The van der Waals surface area contributed by atoms with E-state index in [9.17, 15) is 5.11 Å². The van der Waals surface area contributed by atoms with Gasteiger partial charge in [0.2, 0.25) is 0 Å². The van der Waals surface area contributed by atoms with Crippen LogP contribution in [-0.4, -0.2) is 68.0 Å². The van der Waals surface area contributed by atoms with Crippen molar-refractivity contribution in [2.24, 2.45) is 0 Å². The summed E-state index contributed by atoms with van der Waals surface area (Å²) in [6.45, 7) is 4.39. The Balaban J connectivity index is 1.39. The molecule has 0 spiro atoms. The minimum absolute atomic E-state index is 0.287. The van der Waals surface area contributed by atoms with Gasteiger partial charge in [0.1, 0.15) is 6.33 Å². The maximum atomic E-state index is 9.54. The Morgan fingerprint density at radius 1 is 1.00 bits per heavy atom. The number of aromatic nitrogens is 3. The van der Waals surface area contributed by atoms with E-state index < -0.39 is 0 Å². The summed E-state index contributed by atoms with van der Waals surface area (Å²) in [7, 11) is 0. The van der Waals surface area contributed by atoms with Crippen LogP contribution in [-0.2, 0) is 6.54 Å². The number of aliphatic hydroxyl groups is 1. The maximum Gasteiger partial charge on any atom is 0.165 e. The fourth-order valence-electron chi connectivity index (χ4n) is 4.18. The molecule has 2 fully saturated rings. The van der Waals surface area contributed by atoms with E-state index in [-0.39, 0.29) is 6.61 Å². The van der Waals surface area contributed by atoms with E-state index in [4.69, 9.17) is 0 Å². The smallest absolute Gasteiger partial charge is 0.165 e. The highest BCUT2D eigenvalue weighted by molar-refractivity contribution is 5.29. The second-order valence-electron chi connectivity index (χ2n) is 7.18. The lowest BCUT2D eigenvalue weighted by Crippen LogP contribution is -2.43. The Kier molecular flexibility index (Phi) is 5.10. The summed E-state index contributed by atoms with van der Waals surface area (Å²) in [5.74, 6) is 0.885. The van der Waals surface area contributed by atoms with Crippen molar-refractivity contribution in [2.45, 2.75) is 44.3 Å². The third kappa shape index (κ3) is 3.76. The third-order valence-electron chi connectivity index (χ3n) is 5.56. The summed E-state index contributed by atoms with van der Waals surface area (Å²) in [5, 5.41) is 14.2. The lowest BCUT2D eigenvalue weighted by Gasteiger charge is -2.30. The van der Waals surface area contributed by atoms with Crippen molar-refractivity contribution in [2.75, 3.05) is 26.2 Å². The van der Waals surface area contributed by atoms with Crippen LogP contribution in [0, 0.1) is 0 Å². The van der Waals surface area contributed by atoms with Crippen LogP contribution in [0.3, 0.4) is 0 Å². The molecule has 0 amide bonds. The van der Waals surface area contributed by atoms with Crippen LogP contribution >= 0.6 is 0 Å². The van der Waals surface area contributed by atoms with Crippen LogP contribution in [0.4, 0.5) is 0 Å². The lowest BCUT2D eigenvalue weighted by atomic mass is 10.2. The first-order chi connectivity index (χ1) is 12.3. The van der Waals surface area contributed by atoms with Gasteiger partial charge in [0, 0.05) is 18.6 Å². The first kappa shape index (κ1) is 16.7. The molecule has 0 radical (unpaired) electrons. The number of benzene rings is 1. The zero-order chi connectivity index (χ0) is 17.1. The molecule has 1 aromatic carbocycles. The molecule has 0 bridgehead atoms. The molecule has 6 nitrogen and oxygen atoms in total. The predicted octanol–water partition coefficient (Wildman–Crippen LogP) is 1.69. The lowest BCUT2D eigenvalue weighted by molar-refractivity contribution is 0.119. The van der Waals surface area contributed by atoms with Crippen molar-refractivity contribution in [1.29, 1.82) is 0 Å². The minimum atomic E-state index is 0.287. The van der Waals surface area contributed by atoms with Gasteiger partial charge in [-0.05, 0) is 50.9 Å². The van der Waals surface area contributed by atoms with Crippen molar-refractivity contribution in [3.63, 3.8) is 0 Å². The Morgan fingerprint density at radius 3 is 2.56 bits per heavy atom. The van der Waals surface area contributed by atoms with Crippen LogP contribution in [0.25, 0.3) is 5.69 Å². The standard InChI is InChI=1S/C19H27N5O/c25-14-18-9-5-10-22(18)12-17-8-4-11-23(17)13-19-20-15-24(21-19)16-6-2-1-3-7-16/h1-3,6-7,15,17-18,25H,4-5,8-14H2. The topological polar surface area (TPSA) is 57.4 Å². The molecule has 25 heavy (non-hydrogen) atoms. The zero-order valence-electron chi connectivity index (χ0n) is 14.7. The number of hydrogen-bond acceptors (Lipinski definition) is 5. The van der Waals surface area contributed by atoms with E-state index in [2.05, 4.69) is 19.9 Å². The Labute approximate surface area is 149 Å². The second kappa shape index (κ2) is 7.64. The van der Waals surface area contributed by atoms with Crippen LogP contribution in [0.5, 0.6) is 0 Å². The van der Waals surface area contributed by atoms with Crippen molar-refractivity contribution < 1.29 is 5.11 Å². The molecular weight excluding hydrogens is 314 g/mol. The summed E-state index contributed by atoms with van der Waals surface area (Å²) >= 11 is 0. The molecule has 134 valence electrons. The normalized spacial score (nSPS) is 25.0. The van der Waals surface area contributed by atoms with Crippen LogP contribution in [0.15, 0.2) is 36.7 Å². The fourth-order valence-corrected chi connectivity index (χ4v) is 4.18. The Hall–Kier alpha value is -1.76. The quantitative estimate of drug-likeness (QED) is 0.866. The van der Waals surface area contributed by atoms with Gasteiger partial charge in [-0.25, -0.2) is 9.67 Å². The summed E-state index contributed by atoms with van der Waals surface area (Å²) < 4.78 is 1.85. The molecule has 2 aliphatic heterocycles. The molecule has 3 heterocycles. The van der Waals surface area contributed by atoms with E-state index >= 15 is 0 Å². The largest absolute Gasteiger partial charge is 0.395 e. The van der Waals surface area contributed by atoms with Gasteiger partial charge < -0.3 is 5.11 Å². The van der Waals surface area contributed by atoms with Gasteiger partial charge in [0.25, 0.3) is 0 Å². The zero-order valence-corrected chi connectivity index (χ0v) is 14.7. The van der Waals surface area contributed by atoms with Crippen LogP contribution < -0.4 is 0 Å². The van der Waals surface area contributed by atoms with E-state index in [1.165, 1.54) is 19.3 Å². The molecule has 2 atom stereocenters. The molecule has 2 saturated heterocycles. The summed E-state index contributed by atoms with van der Waals surface area (Å²) in [6, 6.07) is 11.0. The molecule has 2 aliphatic rings. The highest BCUT2D eigenvalue weighted by Crippen LogP contribution is 2.24. The summed E-state index contributed by atoms with van der Waals surface area (Å²) in [5.41, 5.74) is 1.04. The van der Waals surface area contributed by atoms with Gasteiger partial charge in [0.15, 0.2) is 5.82 Å². The van der Waals surface area contributed by atoms with Gasteiger partial charge in [0.05, 0.1) is 18.8 Å². The van der Waals surface area contributed by atoms with Gasteiger partial charge in [-0.2, -0.15) is 0 Å². The average molecular weight is 341 g/mol. The molecule has 6 heteroatoms. The Morgan fingerprint density at radius 2 is 1.76 bits per heavy atom. The third-order valence-corrected chi connectivity index (χ3v) is 5.56. The van der Waals surface area contributed by atoms with Crippen molar-refractivity contribution >= 4 is 0 Å². The summed E-state index contributed by atoms with van der Waals surface area (Å²) in [4.78, 5) is 9.49. The summed E-state index contributed by atoms with van der Waals surface area (Å²) in [6.07, 6.45) is 6.61. The number of rotatable bonds is 6. The van der Waals surface area contributed by atoms with E-state index in [0.29, 0.717) is 12.1 Å². The van der Waals surface area contributed by atoms with Gasteiger partial charge in [-0.15, -0.1) is 5.10 Å². The highest BCUT2D eigenvalue weighted by atomic mass is 16.3.